The minimum absolute atomic E-state index is 0.340. The van der Waals surface area contributed by atoms with Gasteiger partial charge in [-0.15, -0.1) is 11.3 Å². The second-order valence-electron chi connectivity index (χ2n) is 7.29. The highest BCUT2D eigenvalue weighted by molar-refractivity contribution is 7.91. The van der Waals surface area contributed by atoms with E-state index in [1.54, 1.807) is 11.3 Å². The van der Waals surface area contributed by atoms with Crippen molar-refractivity contribution >= 4 is 44.5 Å². The van der Waals surface area contributed by atoms with Crippen molar-refractivity contribution in [3.8, 4) is 0 Å². The first kappa shape index (κ1) is 18.1. The van der Waals surface area contributed by atoms with Gasteiger partial charge in [0.25, 0.3) is 0 Å². The van der Waals surface area contributed by atoms with Gasteiger partial charge in [0.2, 0.25) is 5.95 Å². The Hall–Kier alpha value is -1.91. The van der Waals surface area contributed by atoms with E-state index in [-0.39, 0.29) is 5.54 Å². The quantitative estimate of drug-likeness (QED) is 0.629. The summed E-state index contributed by atoms with van der Waals surface area (Å²) in [5, 5.41) is 5.43. The lowest BCUT2D eigenvalue weighted by atomic mass is 9.99. The molecule has 0 saturated carbocycles. The van der Waals surface area contributed by atoms with Gasteiger partial charge in [-0.1, -0.05) is 18.2 Å². The molecule has 2 aliphatic heterocycles. The van der Waals surface area contributed by atoms with Crippen molar-refractivity contribution in [1.82, 2.24) is 9.97 Å². The van der Waals surface area contributed by atoms with Crippen molar-refractivity contribution < 1.29 is 9.29 Å². The van der Waals surface area contributed by atoms with E-state index in [1.165, 1.54) is 0 Å². The molecule has 0 amide bonds. The fraction of sp³-hybridized carbons (Fsp3) is 0.368. The lowest BCUT2D eigenvalue weighted by Gasteiger charge is -2.37. The number of thiophene rings is 1. The van der Waals surface area contributed by atoms with Crippen molar-refractivity contribution in [2.75, 3.05) is 42.3 Å². The number of aromatic nitrogens is 2. The number of hydrogen-bond acceptors (Lipinski definition) is 8. The molecular formula is C19H21N5O2S2. The molecule has 3 aromatic rings. The van der Waals surface area contributed by atoms with Crippen LogP contribution in [0, 0.1) is 0 Å². The van der Waals surface area contributed by atoms with Crippen LogP contribution >= 0.6 is 11.3 Å². The molecule has 0 radical (unpaired) electrons. The van der Waals surface area contributed by atoms with Gasteiger partial charge < -0.3 is 25.2 Å². The van der Waals surface area contributed by atoms with E-state index in [0.717, 1.165) is 26.5 Å². The molecular weight excluding hydrogens is 394 g/mol. The Morgan fingerprint density at radius 1 is 1.29 bits per heavy atom. The Kier molecular flexibility index (Phi) is 4.64. The summed E-state index contributed by atoms with van der Waals surface area (Å²) in [6, 6.07) is 9.91. The summed E-state index contributed by atoms with van der Waals surface area (Å²) in [4.78, 5) is 12.6. The first-order valence-corrected chi connectivity index (χ1v) is 11.4. The second-order valence-corrected chi connectivity index (χ2v) is 9.75. The van der Waals surface area contributed by atoms with E-state index in [9.17, 15) is 4.55 Å². The van der Waals surface area contributed by atoms with Crippen LogP contribution in [-0.4, -0.2) is 52.1 Å². The number of fused-ring (bicyclic) bond motifs is 2. The molecule has 1 atom stereocenters. The van der Waals surface area contributed by atoms with Crippen molar-refractivity contribution in [3.05, 3.63) is 41.3 Å². The zero-order chi connectivity index (χ0) is 19.1. The van der Waals surface area contributed by atoms with Crippen LogP contribution in [0.25, 0.3) is 10.2 Å². The highest BCUT2D eigenvalue weighted by Gasteiger charge is 2.34. The summed E-state index contributed by atoms with van der Waals surface area (Å²) >= 11 is 0.610. The Bertz CT molecular complexity index is 1010. The molecule has 1 aromatic carbocycles. The molecule has 1 unspecified atom stereocenters. The number of rotatable bonds is 4. The number of nitrogens with one attached hydrogen (secondary N) is 1. The van der Waals surface area contributed by atoms with Gasteiger partial charge >= 0.3 is 0 Å². The Labute approximate surface area is 170 Å². The van der Waals surface area contributed by atoms with E-state index >= 15 is 0 Å². The number of nitrogens with two attached hydrogens (primary N) is 1. The summed E-state index contributed by atoms with van der Waals surface area (Å²) in [5.74, 6) is 2.01. The Morgan fingerprint density at radius 3 is 2.96 bits per heavy atom. The van der Waals surface area contributed by atoms with Gasteiger partial charge in [0, 0.05) is 12.1 Å². The minimum Gasteiger partial charge on any atom is -0.611 e. The summed E-state index contributed by atoms with van der Waals surface area (Å²) in [6.07, 6.45) is 0. The highest BCUT2D eigenvalue weighted by atomic mass is 32.2. The van der Waals surface area contributed by atoms with Crippen LogP contribution in [0.4, 0.5) is 11.8 Å². The number of hydrogen-bond donors (Lipinski definition) is 2. The molecule has 2 aromatic heterocycles. The maximum absolute atomic E-state index is 12.6. The molecule has 0 spiro atoms. The molecule has 28 heavy (non-hydrogen) atoms. The van der Waals surface area contributed by atoms with Gasteiger partial charge in [0.05, 0.1) is 42.1 Å². The normalized spacial score (nSPS) is 21.1. The summed E-state index contributed by atoms with van der Waals surface area (Å²) < 4.78 is 18.8. The van der Waals surface area contributed by atoms with Crippen LogP contribution in [0.15, 0.2) is 40.6 Å². The number of ether oxygens (including phenoxy) is 1. The van der Waals surface area contributed by atoms with E-state index < -0.39 is 11.2 Å². The monoisotopic (exact) mass is 415 g/mol. The second kappa shape index (κ2) is 7.16. The first-order chi connectivity index (χ1) is 13.6. The number of nitrogens with zero attached hydrogens (tertiary/aromatic N) is 3. The van der Waals surface area contributed by atoms with E-state index in [2.05, 4.69) is 10.2 Å². The van der Waals surface area contributed by atoms with Crippen LogP contribution in [0.2, 0.25) is 0 Å². The summed E-state index contributed by atoms with van der Waals surface area (Å²) in [5.41, 5.74) is 7.90. The van der Waals surface area contributed by atoms with Crippen molar-refractivity contribution in [1.29, 1.82) is 0 Å². The van der Waals surface area contributed by atoms with Crippen molar-refractivity contribution in [2.24, 2.45) is 5.73 Å². The molecule has 1 saturated heterocycles. The zero-order valence-electron chi connectivity index (χ0n) is 15.3. The van der Waals surface area contributed by atoms with Crippen molar-refractivity contribution in [2.45, 2.75) is 17.0 Å². The molecule has 146 valence electrons. The van der Waals surface area contributed by atoms with Gasteiger partial charge in [-0.3, -0.25) is 0 Å². The van der Waals surface area contributed by atoms with Crippen LogP contribution in [0.1, 0.15) is 5.56 Å². The van der Waals surface area contributed by atoms with E-state index in [4.69, 9.17) is 20.4 Å². The standard InChI is InChI=1S/C19H21N5O2S2/c20-19(11-26-12-19)10-21-17-16-14(5-7-27-16)22-18(23-17)24-6-8-28(25)15-4-2-1-3-13(15)9-24/h1-5,7H,6,8-12,20H2,(H,21,22,23). The van der Waals surface area contributed by atoms with E-state index in [1.807, 2.05) is 35.7 Å². The predicted molar refractivity (Wildman–Crippen MR) is 112 cm³/mol. The van der Waals surface area contributed by atoms with E-state index in [0.29, 0.717) is 44.5 Å². The maximum atomic E-state index is 12.6. The average molecular weight is 416 g/mol. The average Bonchev–Trinajstić information content (AvgIpc) is 3.09. The Morgan fingerprint density at radius 2 is 2.14 bits per heavy atom. The van der Waals surface area contributed by atoms with Gasteiger partial charge in [0.1, 0.15) is 11.6 Å². The van der Waals surface area contributed by atoms with Crippen LogP contribution in [-0.2, 0) is 22.5 Å². The zero-order valence-corrected chi connectivity index (χ0v) is 16.9. The number of anilines is 2. The molecule has 0 aliphatic carbocycles. The third-order valence-corrected chi connectivity index (χ3v) is 7.44. The summed E-state index contributed by atoms with van der Waals surface area (Å²) in [6.45, 7) is 3.00. The van der Waals surface area contributed by atoms with Gasteiger partial charge in [0.15, 0.2) is 4.90 Å². The first-order valence-electron chi connectivity index (χ1n) is 9.18. The third kappa shape index (κ3) is 3.33. The molecule has 0 bridgehead atoms. The van der Waals surface area contributed by atoms with Crippen LogP contribution in [0.5, 0.6) is 0 Å². The smallest absolute Gasteiger partial charge is 0.228 e. The molecule has 5 rings (SSSR count). The minimum atomic E-state index is -1.00. The predicted octanol–water partition coefficient (Wildman–Crippen LogP) is 1.96. The largest absolute Gasteiger partial charge is 0.611 e. The van der Waals surface area contributed by atoms with Gasteiger partial charge in [-0.05, 0) is 28.7 Å². The van der Waals surface area contributed by atoms with Crippen LogP contribution in [0.3, 0.4) is 0 Å². The fourth-order valence-electron chi connectivity index (χ4n) is 3.45. The number of benzene rings is 1. The van der Waals surface area contributed by atoms with Crippen LogP contribution < -0.4 is 16.0 Å². The molecule has 7 nitrogen and oxygen atoms in total. The van der Waals surface area contributed by atoms with Gasteiger partial charge in [-0.2, -0.15) is 4.98 Å². The lowest BCUT2D eigenvalue weighted by molar-refractivity contribution is -0.0461. The fourth-order valence-corrected chi connectivity index (χ4v) is 5.51. The topological polar surface area (TPSA) is 99.4 Å². The summed E-state index contributed by atoms with van der Waals surface area (Å²) in [7, 11) is 0. The highest BCUT2D eigenvalue weighted by Crippen LogP contribution is 2.31. The SMILES string of the molecule is NC1(CNc2nc(N3CC[S+]([O-])c4ccccc4C3)nc3ccsc23)COC1. The molecule has 1 fully saturated rings. The maximum Gasteiger partial charge on any atom is 0.228 e. The third-order valence-electron chi connectivity index (χ3n) is 5.09. The Balaban J connectivity index is 1.47. The molecule has 4 heterocycles. The molecule has 2 aliphatic rings. The molecule has 3 N–H and O–H groups in total. The lowest BCUT2D eigenvalue weighted by Crippen LogP contribution is -2.61. The van der Waals surface area contributed by atoms with Gasteiger partial charge in [-0.25, -0.2) is 4.98 Å². The van der Waals surface area contributed by atoms with Crippen molar-refractivity contribution in [3.63, 3.8) is 0 Å². The molecule has 9 heteroatoms.